The molecule has 3 rings (SSSR count). The van der Waals surface area contributed by atoms with Crippen LogP contribution in [0.15, 0.2) is 24.3 Å². The lowest BCUT2D eigenvalue weighted by molar-refractivity contribution is -0.180. The van der Waals surface area contributed by atoms with Crippen LogP contribution >= 0.6 is 0 Å². The molecule has 8 heteroatoms. The number of aromatic nitrogens is 1. The fourth-order valence-electron chi connectivity index (χ4n) is 3.09. The number of hydrogen-bond donors (Lipinski definition) is 0. The van der Waals surface area contributed by atoms with Crippen LogP contribution in [0.4, 0.5) is 17.6 Å². The summed E-state index contributed by atoms with van der Waals surface area (Å²) >= 11 is 0. The molecule has 1 aromatic heterocycles. The molecule has 0 radical (unpaired) electrons. The number of nitrogens with zero attached hydrogens (tertiary/aromatic N) is 1. The van der Waals surface area contributed by atoms with Gasteiger partial charge in [-0.15, -0.1) is 0 Å². The molecule has 0 N–H and O–H groups in total. The molecule has 2 aromatic rings. The Morgan fingerprint density at radius 2 is 2.00 bits per heavy atom. The average molecular weight is 383 g/mol. The number of halogens is 4. The molecule has 0 aliphatic carbocycles. The van der Waals surface area contributed by atoms with Crippen LogP contribution in [-0.2, 0) is 11.2 Å². The zero-order valence-corrected chi connectivity index (χ0v) is 14.6. The summed E-state index contributed by atoms with van der Waals surface area (Å²) in [5.74, 6) is -1.80. The van der Waals surface area contributed by atoms with E-state index in [4.69, 9.17) is 4.74 Å². The van der Waals surface area contributed by atoms with Gasteiger partial charge in [-0.25, -0.2) is 13.8 Å². The molecule has 4 nitrogen and oxygen atoms in total. The van der Waals surface area contributed by atoms with Gasteiger partial charge in [-0.05, 0) is 43.5 Å². The maximum Gasteiger partial charge on any atom is 0.345 e. The second-order valence-electron chi connectivity index (χ2n) is 6.32. The van der Waals surface area contributed by atoms with Gasteiger partial charge in [0.25, 0.3) is 0 Å². The maximum atomic E-state index is 14.3. The molecule has 2 heterocycles. The van der Waals surface area contributed by atoms with Crippen molar-refractivity contribution in [2.75, 3.05) is 0 Å². The first-order valence-electron chi connectivity index (χ1n) is 8.36. The van der Waals surface area contributed by atoms with Crippen LogP contribution in [0.5, 0.6) is 5.88 Å². The number of rotatable bonds is 5. The number of hydrogen-bond acceptors (Lipinski definition) is 4. The van der Waals surface area contributed by atoms with E-state index in [1.807, 2.05) is 0 Å². The second-order valence-corrected chi connectivity index (χ2v) is 6.32. The Bertz CT molecular complexity index is 872. The first kappa shape index (κ1) is 19.3. The molecular weight excluding hydrogens is 366 g/mol. The monoisotopic (exact) mass is 383 g/mol. The predicted molar refractivity (Wildman–Crippen MR) is 88.9 cm³/mol. The largest absolute Gasteiger partial charge is 0.471 e. The van der Waals surface area contributed by atoms with Crippen molar-refractivity contribution in [2.24, 2.45) is 0 Å². The van der Waals surface area contributed by atoms with Crippen molar-refractivity contribution in [1.29, 1.82) is 0 Å². The van der Waals surface area contributed by atoms with Gasteiger partial charge in [-0.2, -0.15) is 8.78 Å². The summed E-state index contributed by atoms with van der Waals surface area (Å²) in [7, 11) is 0. The standard InChI is InChI=1S/C19H17F4NO3/c1-9(25)16-8-14(12-4-3-11(20)7-15(12)21)13-5-6-17(27-18(13)24-16)10(2)26-19(22)23/h3-4,7-8,10,17,19H,5-6H2,1-2H3/t10-,17-/m1/s1. The summed E-state index contributed by atoms with van der Waals surface area (Å²) in [5.41, 5.74) is 1.04. The number of ether oxygens (including phenoxy) is 2. The lowest BCUT2D eigenvalue weighted by atomic mass is 9.92. The fourth-order valence-corrected chi connectivity index (χ4v) is 3.09. The minimum atomic E-state index is -2.94. The lowest BCUT2D eigenvalue weighted by Crippen LogP contribution is -2.36. The maximum absolute atomic E-state index is 14.3. The molecular formula is C19H17F4NO3. The summed E-state index contributed by atoms with van der Waals surface area (Å²) < 4.78 is 62.6. The van der Waals surface area contributed by atoms with Gasteiger partial charge in [0.2, 0.25) is 5.88 Å². The number of carbonyl (C=O) groups is 1. The molecule has 2 atom stereocenters. The van der Waals surface area contributed by atoms with Crippen LogP contribution in [0.1, 0.15) is 36.3 Å². The van der Waals surface area contributed by atoms with Gasteiger partial charge in [0.05, 0.1) is 6.10 Å². The number of fused-ring (bicyclic) bond motifs is 1. The van der Waals surface area contributed by atoms with Crippen molar-refractivity contribution < 1.29 is 31.8 Å². The minimum Gasteiger partial charge on any atom is -0.471 e. The molecule has 144 valence electrons. The Kier molecular flexibility index (Phi) is 5.46. The molecule has 0 bridgehead atoms. The highest BCUT2D eigenvalue weighted by atomic mass is 19.3. The quantitative estimate of drug-likeness (QED) is 0.561. The Morgan fingerprint density at radius 1 is 1.26 bits per heavy atom. The van der Waals surface area contributed by atoms with E-state index in [1.54, 1.807) is 0 Å². The molecule has 1 aliphatic rings. The van der Waals surface area contributed by atoms with Crippen LogP contribution < -0.4 is 4.74 Å². The third-order valence-electron chi connectivity index (χ3n) is 4.45. The van der Waals surface area contributed by atoms with E-state index in [2.05, 4.69) is 9.72 Å². The number of ketones is 1. The highest BCUT2D eigenvalue weighted by Gasteiger charge is 2.31. The predicted octanol–water partition coefficient (Wildman–Crippen LogP) is 4.55. The summed E-state index contributed by atoms with van der Waals surface area (Å²) in [4.78, 5) is 16.0. The lowest BCUT2D eigenvalue weighted by Gasteiger charge is -2.30. The van der Waals surface area contributed by atoms with Crippen molar-refractivity contribution in [3.8, 4) is 17.0 Å². The molecule has 1 aromatic carbocycles. The molecule has 0 saturated heterocycles. The number of carbonyl (C=O) groups excluding carboxylic acids is 1. The summed E-state index contributed by atoms with van der Waals surface area (Å²) in [6, 6.07) is 4.57. The Labute approximate surface area is 153 Å². The van der Waals surface area contributed by atoms with Crippen molar-refractivity contribution in [2.45, 2.75) is 45.5 Å². The smallest absolute Gasteiger partial charge is 0.345 e. The highest BCUT2D eigenvalue weighted by molar-refractivity contribution is 5.94. The van der Waals surface area contributed by atoms with E-state index < -0.39 is 30.5 Å². The summed E-state index contributed by atoms with van der Waals surface area (Å²) in [6.45, 7) is -0.190. The first-order valence-corrected chi connectivity index (χ1v) is 8.36. The van der Waals surface area contributed by atoms with Gasteiger partial charge in [-0.1, -0.05) is 0 Å². The van der Waals surface area contributed by atoms with E-state index in [-0.39, 0.29) is 22.9 Å². The molecule has 1 aliphatic heterocycles. The van der Waals surface area contributed by atoms with Gasteiger partial charge < -0.3 is 9.47 Å². The van der Waals surface area contributed by atoms with Crippen LogP contribution in [0.3, 0.4) is 0 Å². The van der Waals surface area contributed by atoms with Gasteiger partial charge in [0.15, 0.2) is 5.78 Å². The molecule has 0 fully saturated rings. The Hall–Kier alpha value is -2.48. The van der Waals surface area contributed by atoms with Crippen molar-refractivity contribution in [3.05, 3.63) is 47.2 Å². The van der Waals surface area contributed by atoms with Gasteiger partial charge in [0.1, 0.15) is 23.4 Å². The summed E-state index contributed by atoms with van der Waals surface area (Å²) in [5, 5.41) is 0. The molecule has 27 heavy (non-hydrogen) atoms. The van der Waals surface area contributed by atoms with Gasteiger partial charge >= 0.3 is 6.61 Å². The van der Waals surface area contributed by atoms with Gasteiger partial charge in [0, 0.05) is 24.1 Å². The highest BCUT2D eigenvalue weighted by Crippen LogP contribution is 2.37. The van der Waals surface area contributed by atoms with Gasteiger partial charge in [-0.3, -0.25) is 4.79 Å². The second kappa shape index (κ2) is 7.64. The van der Waals surface area contributed by atoms with Crippen LogP contribution in [0.25, 0.3) is 11.1 Å². The molecule has 0 amide bonds. The topological polar surface area (TPSA) is 48.4 Å². The first-order chi connectivity index (χ1) is 12.8. The third-order valence-corrected chi connectivity index (χ3v) is 4.45. The van der Waals surface area contributed by atoms with Crippen molar-refractivity contribution in [3.63, 3.8) is 0 Å². The molecule has 0 unspecified atom stereocenters. The molecule has 0 spiro atoms. The van der Waals surface area contributed by atoms with Crippen molar-refractivity contribution in [1.82, 2.24) is 4.98 Å². The molecule has 0 saturated carbocycles. The summed E-state index contributed by atoms with van der Waals surface area (Å²) in [6.07, 6.45) is -0.884. The third kappa shape index (κ3) is 4.10. The minimum absolute atomic E-state index is 0.0376. The number of Topliss-reactive ketones (excluding diaryl/α,β-unsaturated/α-hetero) is 1. The zero-order valence-electron chi connectivity index (χ0n) is 14.6. The van der Waals surface area contributed by atoms with Crippen molar-refractivity contribution >= 4 is 5.78 Å². The van der Waals surface area contributed by atoms with E-state index in [0.29, 0.717) is 24.0 Å². The van der Waals surface area contributed by atoms with Crippen LogP contribution in [0.2, 0.25) is 0 Å². The number of pyridine rings is 1. The van der Waals surface area contributed by atoms with Crippen LogP contribution in [0, 0.1) is 11.6 Å². The Morgan fingerprint density at radius 3 is 2.63 bits per heavy atom. The normalized spacial score (nSPS) is 17.4. The Balaban J connectivity index is 2.05. The van der Waals surface area contributed by atoms with E-state index in [1.165, 1.54) is 26.0 Å². The fraction of sp³-hybridized carbons (Fsp3) is 0.368. The average Bonchev–Trinajstić information content (AvgIpc) is 2.59. The van der Waals surface area contributed by atoms with E-state index in [0.717, 1.165) is 12.1 Å². The van der Waals surface area contributed by atoms with Crippen LogP contribution in [-0.4, -0.2) is 29.6 Å². The van der Waals surface area contributed by atoms with E-state index in [9.17, 15) is 22.4 Å². The van der Waals surface area contributed by atoms with E-state index >= 15 is 0 Å². The number of alkyl halides is 2. The SMILES string of the molecule is CC(=O)c1cc(-c2ccc(F)cc2F)c2c(n1)O[C@@H]([C@@H](C)OC(F)F)CC2. The zero-order chi connectivity index (χ0) is 19.7. The number of benzene rings is 1.